The average Bonchev–Trinajstić information content (AvgIpc) is 3.16. The third-order valence-corrected chi connectivity index (χ3v) is 5.86. The fourth-order valence-corrected chi connectivity index (χ4v) is 4.16. The molecule has 0 bridgehead atoms. The number of rotatable bonds is 5. The predicted molar refractivity (Wildman–Crippen MR) is 92.9 cm³/mol. The van der Waals surface area contributed by atoms with E-state index in [4.69, 9.17) is 10.2 Å². The molecule has 8 nitrogen and oxygen atoms in total. The van der Waals surface area contributed by atoms with Gasteiger partial charge in [-0.15, -0.1) is 0 Å². The first-order chi connectivity index (χ1) is 12.4. The average molecular weight is 377 g/mol. The summed E-state index contributed by atoms with van der Waals surface area (Å²) in [6.07, 6.45) is 3.87. The predicted octanol–water partition coefficient (Wildman–Crippen LogP) is 0.962. The number of likely N-dealkylation sites (tertiary alicyclic amines) is 1. The number of benzene rings is 1. The highest BCUT2D eigenvalue weighted by Gasteiger charge is 2.27. The number of nitrogens with zero attached hydrogens (tertiary/aromatic N) is 1. The number of primary amides is 1. The van der Waals surface area contributed by atoms with Gasteiger partial charge in [0.2, 0.25) is 15.9 Å². The van der Waals surface area contributed by atoms with Crippen molar-refractivity contribution in [3.63, 3.8) is 0 Å². The van der Waals surface area contributed by atoms with Crippen molar-refractivity contribution < 1.29 is 22.4 Å². The van der Waals surface area contributed by atoms with Crippen LogP contribution in [0.25, 0.3) is 0 Å². The molecular formula is C17H19N3O5S. The van der Waals surface area contributed by atoms with Crippen LogP contribution in [-0.4, -0.2) is 44.3 Å². The molecule has 0 atom stereocenters. The van der Waals surface area contributed by atoms with Crippen LogP contribution in [0.1, 0.15) is 33.6 Å². The first-order valence-corrected chi connectivity index (χ1v) is 9.59. The molecule has 0 unspecified atom stereocenters. The Morgan fingerprint density at radius 2 is 1.73 bits per heavy atom. The zero-order valence-electron chi connectivity index (χ0n) is 13.9. The van der Waals surface area contributed by atoms with E-state index in [1.807, 2.05) is 0 Å². The lowest BCUT2D eigenvalue weighted by Crippen LogP contribution is -2.46. The minimum atomic E-state index is -3.70. The number of amides is 2. The van der Waals surface area contributed by atoms with Crippen LogP contribution in [0.3, 0.4) is 0 Å². The van der Waals surface area contributed by atoms with Crippen molar-refractivity contribution in [2.45, 2.75) is 23.8 Å². The zero-order chi connectivity index (χ0) is 18.7. The van der Waals surface area contributed by atoms with E-state index in [0.717, 1.165) is 0 Å². The fraction of sp³-hybridized carbons (Fsp3) is 0.294. The number of nitrogens with one attached hydrogen (secondary N) is 1. The second kappa shape index (κ2) is 7.30. The van der Waals surface area contributed by atoms with Crippen molar-refractivity contribution in [1.82, 2.24) is 9.62 Å². The monoisotopic (exact) mass is 377 g/mol. The van der Waals surface area contributed by atoms with Crippen molar-refractivity contribution in [2.75, 3.05) is 13.1 Å². The molecule has 26 heavy (non-hydrogen) atoms. The van der Waals surface area contributed by atoms with Gasteiger partial charge < -0.3 is 15.1 Å². The molecule has 138 valence electrons. The maximum Gasteiger partial charge on any atom is 0.257 e. The molecule has 1 aromatic heterocycles. The van der Waals surface area contributed by atoms with Gasteiger partial charge >= 0.3 is 0 Å². The number of carbonyl (C=O) groups is 2. The van der Waals surface area contributed by atoms with E-state index >= 15 is 0 Å². The molecule has 0 aliphatic carbocycles. The maximum atomic E-state index is 12.5. The Morgan fingerprint density at radius 1 is 1.08 bits per heavy atom. The number of furan rings is 1. The van der Waals surface area contributed by atoms with Gasteiger partial charge in [-0.05, 0) is 43.2 Å². The minimum Gasteiger partial charge on any atom is -0.472 e. The summed E-state index contributed by atoms with van der Waals surface area (Å²) >= 11 is 0. The van der Waals surface area contributed by atoms with Crippen LogP contribution < -0.4 is 10.5 Å². The molecule has 0 spiro atoms. The van der Waals surface area contributed by atoms with Crippen molar-refractivity contribution in [2.24, 2.45) is 5.73 Å². The highest BCUT2D eigenvalue weighted by molar-refractivity contribution is 7.89. The first-order valence-electron chi connectivity index (χ1n) is 8.10. The smallest absolute Gasteiger partial charge is 0.257 e. The van der Waals surface area contributed by atoms with E-state index in [2.05, 4.69) is 4.72 Å². The molecule has 0 saturated carbocycles. The molecule has 9 heteroatoms. The normalized spacial score (nSPS) is 15.8. The lowest BCUT2D eigenvalue weighted by molar-refractivity contribution is 0.0710. The van der Waals surface area contributed by atoms with Crippen LogP contribution in [0.4, 0.5) is 0 Å². The van der Waals surface area contributed by atoms with Gasteiger partial charge in [0, 0.05) is 24.7 Å². The van der Waals surface area contributed by atoms with Gasteiger partial charge in [0.15, 0.2) is 0 Å². The largest absolute Gasteiger partial charge is 0.472 e. The number of carbonyl (C=O) groups excluding carboxylic acids is 2. The minimum absolute atomic E-state index is 0.0689. The number of hydrogen-bond donors (Lipinski definition) is 2. The summed E-state index contributed by atoms with van der Waals surface area (Å²) in [5.41, 5.74) is 5.88. The SMILES string of the molecule is NC(=O)c1ccc(S(=O)(=O)NC2CCN(C(=O)c3ccoc3)CC2)cc1. The van der Waals surface area contributed by atoms with E-state index in [-0.39, 0.29) is 22.4 Å². The summed E-state index contributed by atoms with van der Waals surface area (Å²) in [5.74, 6) is -0.737. The topological polar surface area (TPSA) is 123 Å². The summed E-state index contributed by atoms with van der Waals surface area (Å²) in [7, 11) is -3.70. The molecule has 1 saturated heterocycles. The molecule has 1 fully saturated rings. The highest BCUT2D eigenvalue weighted by atomic mass is 32.2. The quantitative estimate of drug-likeness (QED) is 0.803. The van der Waals surface area contributed by atoms with E-state index in [1.54, 1.807) is 11.0 Å². The summed E-state index contributed by atoms with van der Waals surface area (Å²) in [5, 5.41) is 0. The van der Waals surface area contributed by atoms with Gasteiger partial charge in [-0.1, -0.05) is 0 Å². The zero-order valence-corrected chi connectivity index (χ0v) is 14.7. The van der Waals surface area contributed by atoms with Crippen molar-refractivity contribution >= 4 is 21.8 Å². The Morgan fingerprint density at radius 3 is 2.27 bits per heavy atom. The molecule has 3 rings (SSSR count). The third-order valence-electron chi connectivity index (χ3n) is 4.32. The number of sulfonamides is 1. The maximum absolute atomic E-state index is 12.5. The van der Waals surface area contributed by atoms with Gasteiger partial charge in [-0.25, -0.2) is 13.1 Å². The van der Waals surface area contributed by atoms with E-state index in [9.17, 15) is 18.0 Å². The van der Waals surface area contributed by atoms with Gasteiger partial charge in [-0.3, -0.25) is 9.59 Å². The lowest BCUT2D eigenvalue weighted by atomic mass is 10.1. The summed E-state index contributed by atoms with van der Waals surface area (Å²) in [6, 6.07) is 6.79. The number of piperidine rings is 1. The molecule has 2 amide bonds. The Labute approximate surface area is 151 Å². The van der Waals surface area contributed by atoms with Crippen LogP contribution in [-0.2, 0) is 10.0 Å². The Bertz CT molecular complexity index is 883. The van der Waals surface area contributed by atoms with E-state index in [0.29, 0.717) is 31.5 Å². The van der Waals surface area contributed by atoms with Gasteiger partial charge in [0.25, 0.3) is 5.91 Å². The second-order valence-electron chi connectivity index (χ2n) is 6.09. The van der Waals surface area contributed by atoms with Gasteiger partial charge in [0.05, 0.1) is 16.7 Å². The molecule has 1 aliphatic heterocycles. The highest BCUT2D eigenvalue weighted by Crippen LogP contribution is 2.17. The summed E-state index contributed by atoms with van der Waals surface area (Å²) in [6.45, 7) is 0.912. The summed E-state index contributed by atoms with van der Waals surface area (Å²) in [4.78, 5) is 25.1. The molecule has 1 aliphatic rings. The number of hydrogen-bond acceptors (Lipinski definition) is 5. The molecule has 0 radical (unpaired) electrons. The number of nitrogens with two attached hydrogens (primary N) is 1. The molecule has 3 N–H and O–H groups in total. The molecular weight excluding hydrogens is 358 g/mol. The second-order valence-corrected chi connectivity index (χ2v) is 7.80. The Kier molecular flexibility index (Phi) is 5.10. The Balaban J connectivity index is 1.59. The van der Waals surface area contributed by atoms with Gasteiger partial charge in [-0.2, -0.15) is 0 Å². The van der Waals surface area contributed by atoms with Crippen LogP contribution in [0.5, 0.6) is 0 Å². The standard InChI is InChI=1S/C17H19N3O5S/c18-16(21)12-1-3-15(4-2-12)26(23,24)19-14-5-8-20(9-6-14)17(22)13-7-10-25-11-13/h1-4,7,10-11,14,19H,5-6,8-9H2,(H2,18,21). The fourth-order valence-electron chi connectivity index (χ4n) is 2.85. The van der Waals surface area contributed by atoms with Crippen molar-refractivity contribution in [1.29, 1.82) is 0 Å². The van der Waals surface area contributed by atoms with Crippen LogP contribution >= 0.6 is 0 Å². The first kappa shape index (κ1) is 18.2. The lowest BCUT2D eigenvalue weighted by Gasteiger charge is -2.32. The van der Waals surface area contributed by atoms with E-state index in [1.165, 1.54) is 36.8 Å². The van der Waals surface area contributed by atoms with Crippen LogP contribution in [0.15, 0.2) is 52.2 Å². The van der Waals surface area contributed by atoms with Crippen LogP contribution in [0.2, 0.25) is 0 Å². The van der Waals surface area contributed by atoms with Crippen molar-refractivity contribution in [3.8, 4) is 0 Å². The third kappa shape index (κ3) is 3.94. The van der Waals surface area contributed by atoms with Crippen molar-refractivity contribution in [3.05, 3.63) is 54.0 Å². The molecule has 2 heterocycles. The van der Waals surface area contributed by atoms with Gasteiger partial charge in [0.1, 0.15) is 6.26 Å². The van der Waals surface area contributed by atoms with Crippen LogP contribution in [0, 0.1) is 0 Å². The molecule has 2 aromatic rings. The Hall–Kier alpha value is -2.65. The summed E-state index contributed by atoms with van der Waals surface area (Å²) < 4.78 is 32.5. The van der Waals surface area contributed by atoms with E-state index < -0.39 is 15.9 Å². The molecule has 1 aromatic carbocycles.